The number of carboxylic acid groups (broad SMARTS) is 1. The molecule has 0 N–H and O–H groups in total. The van der Waals surface area contributed by atoms with Gasteiger partial charge in [-0.15, -0.1) is 0 Å². The molecule has 1 saturated heterocycles. The van der Waals surface area contributed by atoms with E-state index in [0.717, 1.165) is 0 Å². The van der Waals surface area contributed by atoms with Crippen LogP contribution < -0.4 is 10.0 Å². The molecule has 1 aromatic carbocycles. The molecule has 20 heavy (non-hydrogen) atoms. The number of carbonyl (C=O) groups is 3. The van der Waals surface area contributed by atoms with Crippen molar-refractivity contribution >= 4 is 23.5 Å². The number of hydrogen-bond acceptors (Lipinski definition) is 5. The van der Waals surface area contributed by atoms with Gasteiger partial charge in [-0.3, -0.25) is 4.79 Å². The number of amides is 1. The SMILES string of the molecule is CCOC(=O)c1ccc(N2C[C@H](C(=O)[O-])CC2=O)cc1. The number of benzene rings is 1. The van der Waals surface area contributed by atoms with Gasteiger partial charge in [0.1, 0.15) is 0 Å². The third-order valence-electron chi connectivity index (χ3n) is 3.15. The maximum absolute atomic E-state index is 11.8. The van der Waals surface area contributed by atoms with Crippen molar-refractivity contribution < 1.29 is 24.2 Å². The molecular weight excluding hydrogens is 262 g/mol. The van der Waals surface area contributed by atoms with Crippen LogP contribution in [0, 0.1) is 5.92 Å². The lowest BCUT2D eigenvalue weighted by atomic mass is 10.1. The molecule has 0 spiro atoms. The highest BCUT2D eigenvalue weighted by Gasteiger charge is 2.31. The molecule has 1 aliphatic heterocycles. The van der Waals surface area contributed by atoms with Crippen molar-refractivity contribution in [1.82, 2.24) is 0 Å². The Labute approximate surface area is 115 Å². The van der Waals surface area contributed by atoms with Crippen LogP contribution in [0.2, 0.25) is 0 Å². The van der Waals surface area contributed by atoms with Gasteiger partial charge >= 0.3 is 5.97 Å². The molecule has 6 nitrogen and oxygen atoms in total. The number of carboxylic acids is 1. The Hall–Kier alpha value is -2.37. The van der Waals surface area contributed by atoms with E-state index in [-0.39, 0.29) is 18.9 Å². The van der Waals surface area contributed by atoms with Gasteiger partial charge in [-0.05, 0) is 31.2 Å². The minimum atomic E-state index is -1.22. The van der Waals surface area contributed by atoms with Crippen LogP contribution in [0.25, 0.3) is 0 Å². The van der Waals surface area contributed by atoms with Crippen molar-refractivity contribution in [3.05, 3.63) is 29.8 Å². The zero-order chi connectivity index (χ0) is 14.7. The summed E-state index contributed by atoms with van der Waals surface area (Å²) in [6.07, 6.45) is -0.0536. The normalized spacial score (nSPS) is 18.1. The maximum atomic E-state index is 11.8. The first-order valence-corrected chi connectivity index (χ1v) is 6.31. The molecule has 0 aromatic heterocycles. The zero-order valence-corrected chi connectivity index (χ0v) is 11.0. The Balaban J connectivity index is 2.12. The average molecular weight is 276 g/mol. The molecule has 1 aromatic rings. The van der Waals surface area contributed by atoms with Crippen molar-refractivity contribution in [2.45, 2.75) is 13.3 Å². The molecule has 1 heterocycles. The Morgan fingerprint density at radius 2 is 2.00 bits per heavy atom. The predicted molar refractivity (Wildman–Crippen MR) is 67.9 cm³/mol. The number of esters is 1. The molecule has 106 valence electrons. The van der Waals surface area contributed by atoms with E-state index in [0.29, 0.717) is 17.9 Å². The molecule has 0 aliphatic carbocycles. The Morgan fingerprint density at radius 1 is 1.35 bits per heavy atom. The fourth-order valence-electron chi connectivity index (χ4n) is 2.11. The number of ether oxygens (including phenoxy) is 1. The van der Waals surface area contributed by atoms with E-state index in [1.165, 1.54) is 4.90 Å². The number of nitrogens with zero attached hydrogens (tertiary/aromatic N) is 1. The summed E-state index contributed by atoms with van der Waals surface area (Å²) in [5.74, 6) is -2.70. The summed E-state index contributed by atoms with van der Waals surface area (Å²) >= 11 is 0. The predicted octanol–water partition coefficient (Wildman–Crippen LogP) is -0.0339. The summed E-state index contributed by atoms with van der Waals surface area (Å²) in [7, 11) is 0. The summed E-state index contributed by atoms with van der Waals surface area (Å²) in [5, 5.41) is 10.8. The molecular formula is C14H14NO5-. The second-order valence-electron chi connectivity index (χ2n) is 4.49. The molecule has 0 unspecified atom stereocenters. The molecule has 0 bridgehead atoms. The Morgan fingerprint density at radius 3 is 2.50 bits per heavy atom. The van der Waals surface area contributed by atoms with E-state index in [4.69, 9.17) is 4.74 Å². The van der Waals surface area contributed by atoms with Gasteiger partial charge in [-0.25, -0.2) is 4.79 Å². The summed E-state index contributed by atoms with van der Waals surface area (Å²) in [6, 6.07) is 6.30. The van der Waals surface area contributed by atoms with Crippen LogP contribution in [0.1, 0.15) is 23.7 Å². The second kappa shape index (κ2) is 5.73. The Kier molecular flexibility index (Phi) is 4.02. The Bertz CT molecular complexity index is 537. The number of carbonyl (C=O) groups excluding carboxylic acids is 3. The highest BCUT2D eigenvalue weighted by atomic mass is 16.5. The van der Waals surface area contributed by atoms with Crippen molar-refractivity contribution in [2.24, 2.45) is 5.92 Å². The minimum Gasteiger partial charge on any atom is -0.550 e. The number of anilines is 1. The van der Waals surface area contributed by atoms with Crippen LogP contribution in [0.15, 0.2) is 24.3 Å². The molecule has 1 atom stereocenters. The first kappa shape index (κ1) is 14.0. The van der Waals surface area contributed by atoms with Gasteiger partial charge < -0.3 is 19.5 Å². The van der Waals surface area contributed by atoms with E-state index in [9.17, 15) is 19.5 Å². The monoisotopic (exact) mass is 276 g/mol. The van der Waals surface area contributed by atoms with E-state index in [1.54, 1.807) is 31.2 Å². The summed E-state index contributed by atoms with van der Waals surface area (Å²) in [6.45, 7) is 2.10. The average Bonchev–Trinajstić information content (AvgIpc) is 2.81. The molecule has 1 amide bonds. The van der Waals surface area contributed by atoms with Gasteiger partial charge in [0.25, 0.3) is 0 Å². The van der Waals surface area contributed by atoms with E-state index >= 15 is 0 Å². The van der Waals surface area contributed by atoms with Gasteiger partial charge in [0.05, 0.1) is 12.2 Å². The van der Waals surface area contributed by atoms with Gasteiger partial charge in [-0.2, -0.15) is 0 Å². The van der Waals surface area contributed by atoms with Crippen LogP contribution >= 0.6 is 0 Å². The molecule has 0 radical (unpaired) electrons. The third kappa shape index (κ3) is 2.79. The molecule has 1 fully saturated rings. The fraction of sp³-hybridized carbons (Fsp3) is 0.357. The smallest absolute Gasteiger partial charge is 0.338 e. The van der Waals surface area contributed by atoms with Gasteiger partial charge in [0, 0.05) is 30.5 Å². The first-order valence-electron chi connectivity index (χ1n) is 6.31. The standard InChI is InChI=1S/C14H15NO5/c1-2-20-14(19)9-3-5-11(6-4-9)15-8-10(13(17)18)7-12(15)16/h3-6,10H,2,7-8H2,1H3,(H,17,18)/p-1/t10-/m1/s1. The fourth-order valence-corrected chi connectivity index (χ4v) is 2.11. The maximum Gasteiger partial charge on any atom is 0.338 e. The first-order chi connectivity index (χ1) is 9.52. The largest absolute Gasteiger partial charge is 0.550 e. The lowest BCUT2D eigenvalue weighted by Crippen LogP contribution is -2.33. The van der Waals surface area contributed by atoms with Gasteiger partial charge in [0.2, 0.25) is 5.91 Å². The lowest BCUT2D eigenvalue weighted by molar-refractivity contribution is -0.310. The third-order valence-corrected chi connectivity index (χ3v) is 3.15. The number of rotatable bonds is 4. The van der Waals surface area contributed by atoms with Crippen LogP contribution in [0.5, 0.6) is 0 Å². The molecule has 6 heteroatoms. The molecule has 0 saturated carbocycles. The second-order valence-corrected chi connectivity index (χ2v) is 4.49. The van der Waals surface area contributed by atoms with Gasteiger partial charge in [0.15, 0.2) is 0 Å². The molecule has 2 rings (SSSR count). The summed E-state index contributed by atoms with van der Waals surface area (Å²) in [4.78, 5) is 35.4. The van der Waals surface area contributed by atoms with E-state index in [1.807, 2.05) is 0 Å². The summed E-state index contributed by atoms with van der Waals surface area (Å²) < 4.78 is 4.86. The highest BCUT2D eigenvalue weighted by Crippen LogP contribution is 2.25. The zero-order valence-electron chi connectivity index (χ0n) is 11.0. The highest BCUT2D eigenvalue weighted by molar-refractivity contribution is 5.99. The topological polar surface area (TPSA) is 86.7 Å². The van der Waals surface area contributed by atoms with Crippen LogP contribution in [0.4, 0.5) is 5.69 Å². The van der Waals surface area contributed by atoms with Crippen molar-refractivity contribution in [2.75, 3.05) is 18.1 Å². The summed E-state index contributed by atoms with van der Waals surface area (Å²) in [5.41, 5.74) is 0.950. The van der Waals surface area contributed by atoms with Crippen molar-refractivity contribution in [1.29, 1.82) is 0 Å². The number of hydrogen-bond donors (Lipinski definition) is 0. The van der Waals surface area contributed by atoms with E-state index in [2.05, 4.69) is 0 Å². The van der Waals surface area contributed by atoms with E-state index < -0.39 is 17.9 Å². The lowest BCUT2D eigenvalue weighted by Gasteiger charge is -2.17. The van der Waals surface area contributed by atoms with Gasteiger partial charge in [-0.1, -0.05) is 0 Å². The molecule has 1 aliphatic rings. The van der Waals surface area contributed by atoms with Crippen LogP contribution in [0.3, 0.4) is 0 Å². The number of aliphatic carboxylic acids is 1. The van der Waals surface area contributed by atoms with Crippen molar-refractivity contribution in [3.63, 3.8) is 0 Å². The minimum absolute atomic E-state index is 0.0536. The van der Waals surface area contributed by atoms with Crippen molar-refractivity contribution in [3.8, 4) is 0 Å². The van der Waals surface area contributed by atoms with Crippen LogP contribution in [-0.2, 0) is 14.3 Å². The quantitative estimate of drug-likeness (QED) is 0.720. The van der Waals surface area contributed by atoms with Crippen LogP contribution in [-0.4, -0.2) is 31.0 Å².